The molecule has 1 unspecified atom stereocenters. The molecule has 0 bridgehead atoms. The number of thiazole rings is 1. The van der Waals surface area contributed by atoms with Crippen LogP contribution in [0.1, 0.15) is 22.7 Å². The van der Waals surface area contributed by atoms with E-state index in [0.717, 1.165) is 13.7 Å². The van der Waals surface area contributed by atoms with E-state index in [0.29, 0.717) is 11.4 Å². The SMILES string of the molecule is Cc1sc(Br)cc1S(=O)(=O)NCC(C)c1nccs1. The highest BCUT2D eigenvalue weighted by atomic mass is 79.9. The van der Waals surface area contributed by atoms with Gasteiger partial charge in [0.2, 0.25) is 10.0 Å². The molecule has 2 heterocycles. The van der Waals surface area contributed by atoms with Gasteiger partial charge in [0, 0.05) is 28.9 Å². The van der Waals surface area contributed by atoms with Gasteiger partial charge in [0.05, 0.1) is 13.7 Å². The van der Waals surface area contributed by atoms with Gasteiger partial charge in [-0.05, 0) is 28.9 Å². The molecule has 104 valence electrons. The predicted octanol–water partition coefficient (Wildman–Crippen LogP) is 3.36. The van der Waals surface area contributed by atoms with E-state index in [1.807, 2.05) is 12.3 Å². The van der Waals surface area contributed by atoms with Crippen molar-refractivity contribution in [2.24, 2.45) is 0 Å². The standard InChI is InChI=1S/C11H13BrN2O2S3/c1-7(11-13-3-4-17-11)6-14-19(15,16)9-5-10(12)18-8(9)2/h3-5,7,14H,6H2,1-2H3. The highest BCUT2D eigenvalue weighted by Gasteiger charge is 2.20. The van der Waals surface area contributed by atoms with Gasteiger partial charge in [-0.3, -0.25) is 0 Å². The second-order valence-electron chi connectivity index (χ2n) is 4.09. The van der Waals surface area contributed by atoms with Crippen molar-refractivity contribution in [2.45, 2.75) is 24.7 Å². The van der Waals surface area contributed by atoms with Gasteiger partial charge in [0.15, 0.2) is 0 Å². The molecule has 0 aliphatic heterocycles. The number of thiophene rings is 1. The van der Waals surface area contributed by atoms with Gasteiger partial charge in [-0.2, -0.15) is 0 Å². The van der Waals surface area contributed by atoms with E-state index >= 15 is 0 Å². The fourth-order valence-corrected chi connectivity index (χ4v) is 5.82. The summed E-state index contributed by atoms with van der Waals surface area (Å²) in [7, 11) is -3.45. The maximum atomic E-state index is 12.2. The van der Waals surface area contributed by atoms with Gasteiger partial charge in [0.1, 0.15) is 0 Å². The summed E-state index contributed by atoms with van der Waals surface area (Å²) >= 11 is 6.25. The summed E-state index contributed by atoms with van der Waals surface area (Å²) in [6.07, 6.45) is 1.73. The lowest BCUT2D eigenvalue weighted by Gasteiger charge is -2.10. The van der Waals surface area contributed by atoms with Gasteiger partial charge < -0.3 is 0 Å². The third-order valence-corrected chi connectivity index (χ3v) is 6.82. The van der Waals surface area contributed by atoms with E-state index in [2.05, 4.69) is 25.6 Å². The molecular weight excluding hydrogens is 368 g/mol. The van der Waals surface area contributed by atoms with Crippen LogP contribution in [0.15, 0.2) is 26.3 Å². The van der Waals surface area contributed by atoms with Crippen LogP contribution < -0.4 is 4.72 Å². The van der Waals surface area contributed by atoms with Crippen LogP contribution in [-0.4, -0.2) is 19.9 Å². The van der Waals surface area contributed by atoms with Crippen LogP contribution in [0.25, 0.3) is 0 Å². The molecular formula is C11H13BrN2O2S3. The Labute approximate surface area is 129 Å². The van der Waals surface area contributed by atoms with E-state index < -0.39 is 10.0 Å². The Morgan fingerprint density at radius 1 is 1.53 bits per heavy atom. The Bertz CT molecular complexity index is 650. The molecule has 2 aromatic heterocycles. The summed E-state index contributed by atoms with van der Waals surface area (Å²) in [6.45, 7) is 4.11. The molecule has 1 atom stereocenters. The lowest BCUT2D eigenvalue weighted by Crippen LogP contribution is -2.27. The smallest absolute Gasteiger partial charge is 0.241 e. The summed E-state index contributed by atoms with van der Waals surface area (Å²) in [5.41, 5.74) is 0. The minimum Gasteiger partial charge on any atom is -0.249 e. The molecule has 4 nitrogen and oxygen atoms in total. The Morgan fingerprint density at radius 2 is 2.26 bits per heavy atom. The topological polar surface area (TPSA) is 59.1 Å². The summed E-state index contributed by atoms with van der Waals surface area (Å²) in [5, 5.41) is 2.83. The molecule has 0 saturated carbocycles. The number of hydrogen-bond donors (Lipinski definition) is 1. The van der Waals surface area contributed by atoms with Crippen molar-refractivity contribution >= 4 is 48.6 Å². The van der Waals surface area contributed by atoms with Crippen molar-refractivity contribution in [1.29, 1.82) is 0 Å². The highest BCUT2D eigenvalue weighted by molar-refractivity contribution is 9.11. The van der Waals surface area contributed by atoms with Crippen LogP contribution in [0, 0.1) is 6.92 Å². The maximum Gasteiger partial charge on any atom is 0.241 e. The van der Waals surface area contributed by atoms with Crippen molar-refractivity contribution in [3.8, 4) is 0 Å². The van der Waals surface area contributed by atoms with Crippen molar-refractivity contribution in [3.63, 3.8) is 0 Å². The summed E-state index contributed by atoms with van der Waals surface area (Å²) in [5.74, 6) is 0.0668. The third-order valence-electron chi connectivity index (χ3n) is 2.58. The van der Waals surface area contributed by atoms with Crippen LogP contribution in [0.5, 0.6) is 0 Å². The van der Waals surface area contributed by atoms with Gasteiger partial charge in [-0.25, -0.2) is 18.1 Å². The first kappa shape index (κ1) is 15.1. The number of hydrogen-bond acceptors (Lipinski definition) is 5. The molecule has 2 aromatic rings. The first-order valence-electron chi connectivity index (χ1n) is 5.55. The molecule has 0 aliphatic rings. The Morgan fingerprint density at radius 3 is 2.79 bits per heavy atom. The van der Waals surface area contributed by atoms with Gasteiger partial charge in [-0.1, -0.05) is 6.92 Å². The second kappa shape index (κ2) is 6.01. The van der Waals surface area contributed by atoms with E-state index in [-0.39, 0.29) is 5.92 Å². The Kier molecular flexibility index (Phi) is 4.78. The first-order chi connectivity index (χ1) is 8.90. The van der Waals surface area contributed by atoms with Crippen LogP contribution in [-0.2, 0) is 10.0 Å². The van der Waals surface area contributed by atoms with Crippen molar-refractivity contribution in [1.82, 2.24) is 9.71 Å². The molecule has 8 heteroatoms. The number of nitrogens with zero attached hydrogens (tertiary/aromatic N) is 1. The number of aromatic nitrogens is 1. The number of nitrogens with one attached hydrogen (secondary N) is 1. The zero-order valence-corrected chi connectivity index (χ0v) is 14.4. The molecule has 0 amide bonds. The Hall–Kier alpha value is -0.280. The van der Waals surface area contributed by atoms with Gasteiger partial charge in [0.25, 0.3) is 0 Å². The normalized spacial score (nSPS) is 13.6. The van der Waals surface area contributed by atoms with E-state index in [1.165, 1.54) is 22.7 Å². The molecule has 0 aliphatic carbocycles. The molecule has 0 spiro atoms. The minimum absolute atomic E-state index is 0.0668. The summed E-state index contributed by atoms with van der Waals surface area (Å²) < 4.78 is 27.9. The van der Waals surface area contributed by atoms with Gasteiger partial charge in [-0.15, -0.1) is 22.7 Å². The van der Waals surface area contributed by atoms with Crippen molar-refractivity contribution in [3.05, 3.63) is 31.3 Å². The van der Waals surface area contributed by atoms with Crippen LogP contribution >= 0.6 is 38.6 Å². The molecule has 0 aromatic carbocycles. The average Bonchev–Trinajstić information content (AvgIpc) is 2.96. The number of rotatable bonds is 5. The summed E-state index contributed by atoms with van der Waals surface area (Å²) in [4.78, 5) is 5.31. The highest BCUT2D eigenvalue weighted by Crippen LogP contribution is 2.29. The van der Waals surface area contributed by atoms with Crippen LogP contribution in [0.2, 0.25) is 0 Å². The van der Waals surface area contributed by atoms with Gasteiger partial charge >= 0.3 is 0 Å². The predicted molar refractivity (Wildman–Crippen MR) is 82.5 cm³/mol. The lowest BCUT2D eigenvalue weighted by atomic mass is 10.2. The first-order valence-corrected chi connectivity index (χ1v) is 9.52. The molecule has 0 fully saturated rings. The largest absolute Gasteiger partial charge is 0.249 e. The fourth-order valence-electron chi connectivity index (χ4n) is 1.58. The number of aryl methyl sites for hydroxylation is 1. The second-order valence-corrected chi connectivity index (χ2v) is 9.39. The molecule has 2 rings (SSSR count). The van der Waals surface area contributed by atoms with E-state index in [4.69, 9.17) is 0 Å². The fraction of sp³-hybridized carbons (Fsp3) is 0.364. The lowest BCUT2D eigenvalue weighted by molar-refractivity contribution is 0.574. The van der Waals surface area contributed by atoms with E-state index in [9.17, 15) is 8.42 Å². The molecule has 19 heavy (non-hydrogen) atoms. The van der Waals surface area contributed by atoms with Crippen molar-refractivity contribution < 1.29 is 8.42 Å². The van der Waals surface area contributed by atoms with Crippen LogP contribution in [0.4, 0.5) is 0 Å². The zero-order valence-electron chi connectivity index (χ0n) is 10.4. The summed E-state index contributed by atoms with van der Waals surface area (Å²) in [6, 6.07) is 1.64. The van der Waals surface area contributed by atoms with Crippen LogP contribution in [0.3, 0.4) is 0 Å². The maximum absolute atomic E-state index is 12.2. The third kappa shape index (κ3) is 3.63. The quantitative estimate of drug-likeness (QED) is 0.864. The molecule has 0 radical (unpaired) electrons. The molecule has 1 N–H and O–H groups in total. The minimum atomic E-state index is -3.45. The monoisotopic (exact) mass is 380 g/mol. The average molecular weight is 381 g/mol. The number of halogens is 1. The number of sulfonamides is 1. The molecule has 0 saturated heterocycles. The zero-order chi connectivity index (χ0) is 14.0. The Balaban J connectivity index is 2.08. The van der Waals surface area contributed by atoms with Crippen molar-refractivity contribution in [2.75, 3.05) is 6.54 Å². The van der Waals surface area contributed by atoms with E-state index in [1.54, 1.807) is 19.2 Å².